The molecule has 34 heavy (non-hydrogen) atoms. The third-order valence-electron chi connectivity index (χ3n) is 6.00. The van der Waals surface area contributed by atoms with Crippen LogP contribution < -0.4 is 0 Å². The Balaban J connectivity index is 1.75. The van der Waals surface area contributed by atoms with Crippen LogP contribution in [0, 0.1) is 4.64 Å². The first-order valence-corrected chi connectivity index (χ1v) is 11.9. The van der Waals surface area contributed by atoms with E-state index < -0.39 is 23.8 Å². The highest BCUT2D eigenvalue weighted by Crippen LogP contribution is 2.44. The largest absolute Gasteiger partial charge is 0.480 e. The highest BCUT2D eigenvalue weighted by molar-refractivity contribution is 7.99. The molecule has 8 heteroatoms. The highest BCUT2D eigenvalue weighted by Gasteiger charge is 2.34. The summed E-state index contributed by atoms with van der Waals surface area (Å²) in [5.74, 6) is -0.748. The van der Waals surface area contributed by atoms with E-state index in [1.54, 1.807) is 16.7 Å². The van der Waals surface area contributed by atoms with E-state index in [1.807, 2.05) is 42.5 Å². The molecule has 0 radical (unpaired) electrons. The fraction of sp³-hybridized carbons (Fsp3) is 0.154. The van der Waals surface area contributed by atoms with Crippen molar-refractivity contribution >= 4 is 40.7 Å². The van der Waals surface area contributed by atoms with E-state index in [0.717, 1.165) is 34.0 Å². The van der Waals surface area contributed by atoms with Crippen LogP contribution in [0.4, 0.5) is 13.2 Å². The molecule has 0 aliphatic carbocycles. The standard InChI is InChI=1S/C26H18F3NO2S2/c27-26(28,29)19-9-4-8-17(12-19)23-18(11-16-7-3-6-15-5-1-2-10-20(15)16)13-22(33)30-21(25(31)32)14-34-24(23)30/h1-10,12-13,21H,11,14H2,(H,31,32). The Labute approximate surface area is 202 Å². The van der Waals surface area contributed by atoms with Crippen molar-refractivity contribution in [2.45, 2.75) is 23.7 Å². The van der Waals surface area contributed by atoms with Gasteiger partial charge in [-0.2, -0.15) is 13.2 Å². The summed E-state index contributed by atoms with van der Waals surface area (Å²) in [6.45, 7) is 0. The lowest BCUT2D eigenvalue weighted by Crippen LogP contribution is -2.19. The molecule has 5 rings (SSSR count). The van der Waals surface area contributed by atoms with Crippen molar-refractivity contribution in [1.29, 1.82) is 0 Å². The molecular formula is C26H18F3NO2S2. The Bertz CT molecular complexity index is 1490. The maximum absolute atomic E-state index is 13.5. The molecule has 1 atom stereocenters. The number of alkyl halides is 3. The molecule has 4 aromatic rings. The van der Waals surface area contributed by atoms with E-state index in [4.69, 9.17) is 12.2 Å². The van der Waals surface area contributed by atoms with Crippen LogP contribution in [0.1, 0.15) is 22.7 Å². The molecule has 0 spiro atoms. The third-order valence-corrected chi connectivity index (χ3v) is 7.47. The number of aliphatic carboxylic acids is 1. The van der Waals surface area contributed by atoms with Crippen molar-refractivity contribution in [3.8, 4) is 11.1 Å². The quantitative estimate of drug-likeness (QED) is 0.299. The number of carbonyl (C=O) groups is 1. The maximum atomic E-state index is 13.5. The van der Waals surface area contributed by atoms with Crippen molar-refractivity contribution in [3.63, 3.8) is 0 Å². The van der Waals surface area contributed by atoms with Crippen LogP contribution in [0.2, 0.25) is 0 Å². The van der Waals surface area contributed by atoms with Crippen molar-refractivity contribution in [1.82, 2.24) is 4.57 Å². The zero-order valence-corrected chi connectivity index (χ0v) is 19.3. The van der Waals surface area contributed by atoms with Gasteiger partial charge in [-0.25, -0.2) is 4.79 Å². The van der Waals surface area contributed by atoms with Crippen LogP contribution in [-0.4, -0.2) is 21.4 Å². The average Bonchev–Trinajstić information content (AvgIpc) is 3.25. The molecule has 3 nitrogen and oxygen atoms in total. The van der Waals surface area contributed by atoms with Crippen molar-refractivity contribution < 1.29 is 23.1 Å². The molecule has 172 valence electrons. The Kier molecular flexibility index (Phi) is 5.73. The molecule has 1 aliphatic rings. The van der Waals surface area contributed by atoms with Gasteiger partial charge >= 0.3 is 12.1 Å². The Morgan fingerprint density at radius 3 is 2.53 bits per heavy atom. The second-order valence-electron chi connectivity index (χ2n) is 8.12. The van der Waals surface area contributed by atoms with Gasteiger partial charge < -0.3 is 9.67 Å². The van der Waals surface area contributed by atoms with E-state index in [2.05, 4.69) is 0 Å². The number of benzene rings is 3. The number of hydrogen-bond donors (Lipinski definition) is 1. The molecule has 1 N–H and O–H groups in total. The van der Waals surface area contributed by atoms with E-state index in [9.17, 15) is 23.1 Å². The van der Waals surface area contributed by atoms with Gasteiger partial charge in [0.1, 0.15) is 10.7 Å². The van der Waals surface area contributed by atoms with Crippen molar-refractivity contribution in [3.05, 3.63) is 94.1 Å². The number of aromatic nitrogens is 1. The topological polar surface area (TPSA) is 42.2 Å². The average molecular weight is 498 g/mol. The molecule has 2 heterocycles. The van der Waals surface area contributed by atoms with Crippen LogP contribution in [0.25, 0.3) is 21.9 Å². The van der Waals surface area contributed by atoms with Gasteiger partial charge in [-0.1, -0.05) is 66.8 Å². The molecule has 3 aromatic carbocycles. The summed E-state index contributed by atoms with van der Waals surface area (Å²) in [7, 11) is 0. The molecule has 1 aliphatic heterocycles. The van der Waals surface area contributed by atoms with E-state index in [-0.39, 0.29) is 5.75 Å². The number of thioether (sulfide) groups is 1. The summed E-state index contributed by atoms with van der Waals surface area (Å²) in [5, 5.41) is 12.4. The minimum Gasteiger partial charge on any atom is -0.480 e. The molecular weight excluding hydrogens is 479 g/mol. The number of carboxylic acid groups (broad SMARTS) is 1. The molecule has 0 bridgehead atoms. The first kappa shape index (κ1) is 22.7. The second-order valence-corrected chi connectivity index (χ2v) is 9.54. The van der Waals surface area contributed by atoms with Crippen LogP contribution >= 0.6 is 24.0 Å². The normalized spacial score (nSPS) is 15.4. The number of nitrogens with zero attached hydrogens (tertiary/aromatic N) is 1. The first-order valence-electron chi connectivity index (χ1n) is 10.5. The van der Waals surface area contributed by atoms with Crippen LogP contribution in [0.3, 0.4) is 0 Å². The Hall–Kier alpha value is -3.10. The van der Waals surface area contributed by atoms with Gasteiger partial charge in [0.15, 0.2) is 0 Å². The summed E-state index contributed by atoms with van der Waals surface area (Å²) in [5.41, 5.74) is 2.03. The number of pyridine rings is 1. The molecule has 0 fully saturated rings. The van der Waals surface area contributed by atoms with Gasteiger partial charge in [0, 0.05) is 11.3 Å². The fourth-order valence-corrected chi connectivity index (χ4v) is 6.23. The lowest BCUT2D eigenvalue weighted by molar-refractivity contribution is -0.140. The number of halogens is 3. The molecule has 0 saturated heterocycles. The lowest BCUT2D eigenvalue weighted by Gasteiger charge is -2.19. The number of hydrogen-bond acceptors (Lipinski definition) is 3. The van der Waals surface area contributed by atoms with Crippen LogP contribution in [0.5, 0.6) is 0 Å². The number of rotatable bonds is 4. The van der Waals surface area contributed by atoms with Gasteiger partial charge in [-0.15, -0.1) is 11.8 Å². The van der Waals surface area contributed by atoms with Crippen LogP contribution in [0.15, 0.2) is 77.8 Å². The Morgan fingerprint density at radius 1 is 1.03 bits per heavy atom. The zero-order valence-electron chi connectivity index (χ0n) is 17.7. The van der Waals surface area contributed by atoms with Gasteiger partial charge in [0.2, 0.25) is 0 Å². The minimum absolute atomic E-state index is 0.267. The van der Waals surface area contributed by atoms with Crippen molar-refractivity contribution in [2.75, 3.05) is 5.75 Å². The van der Waals surface area contributed by atoms with Crippen LogP contribution in [-0.2, 0) is 17.4 Å². The van der Waals surface area contributed by atoms with Gasteiger partial charge in [0.25, 0.3) is 0 Å². The minimum atomic E-state index is -4.49. The predicted octanol–water partition coefficient (Wildman–Crippen LogP) is 7.38. The smallest absolute Gasteiger partial charge is 0.416 e. The SMILES string of the molecule is O=C(O)C1CSc2c(-c3cccc(C(F)(F)F)c3)c(Cc3cccc4ccccc34)cc(=S)n21. The van der Waals surface area contributed by atoms with E-state index in [1.165, 1.54) is 17.8 Å². The summed E-state index contributed by atoms with van der Waals surface area (Å²) >= 11 is 6.89. The second kappa shape index (κ2) is 8.60. The predicted molar refractivity (Wildman–Crippen MR) is 130 cm³/mol. The monoisotopic (exact) mass is 497 g/mol. The van der Waals surface area contributed by atoms with E-state index >= 15 is 0 Å². The summed E-state index contributed by atoms with van der Waals surface area (Å²) in [6, 6.07) is 19.9. The molecule has 1 aromatic heterocycles. The summed E-state index contributed by atoms with van der Waals surface area (Å²) in [4.78, 5) is 11.8. The lowest BCUT2D eigenvalue weighted by atomic mass is 9.93. The molecule has 0 amide bonds. The van der Waals surface area contributed by atoms with Crippen molar-refractivity contribution in [2.24, 2.45) is 0 Å². The first-order chi connectivity index (χ1) is 16.2. The maximum Gasteiger partial charge on any atom is 0.416 e. The molecule has 1 unspecified atom stereocenters. The number of carboxylic acids is 1. The summed E-state index contributed by atoms with van der Waals surface area (Å²) < 4.78 is 42.4. The summed E-state index contributed by atoms with van der Waals surface area (Å²) in [6.07, 6.45) is -4.04. The van der Waals surface area contributed by atoms with Gasteiger partial charge in [0.05, 0.1) is 10.6 Å². The molecule has 0 saturated carbocycles. The van der Waals surface area contributed by atoms with Gasteiger partial charge in [-0.3, -0.25) is 0 Å². The number of fused-ring (bicyclic) bond motifs is 2. The highest BCUT2D eigenvalue weighted by atomic mass is 32.2. The Morgan fingerprint density at radius 2 is 1.76 bits per heavy atom. The third kappa shape index (κ3) is 4.01. The zero-order chi connectivity index (χ0) is 24.0. The van der Waals surface area contributed by atoms with E-state index in [0.29, 0.717) is 27.2 Å². The van der Waals surface area contributed by atoms with Gasteiger partial charge in [-0.05, 0) is 52.1 Å². The fourth-order valence-electron chi connectivity index (χ4n) is 4.45.